The SMILES string of the molecule is CCn1c(C(F)(F)F)c(C(=O)O)cc(-c2csc(CS(=O)(=O)c3ccccn3)n2)c1=O. The monoisotopic (exact) mass is 473 g/mol. The fraction of sp³-hybridized carbons (Fsp3) is 0.222. The van der Waals surface area contributed by atoms with E-state index in [-0.39, 0.29) is 21.3 Å². The first-order chi connectivity index (χ1) is 14.5. The zero-order valence-electron chi connectivity index (χ0n) is 15.8. The fourth-order valence-corrected chi connectivity index (χ4v) is 5.25. The van der Waals surface area contributed by atoms with Crippen molar-refractivity contribution >= 4 is 27.1 Å². The summed E-state index contributed by atoms with van der Waals surface area (Å²) in [4.78, 5) is 31.9. The second kappa shape index (κ2) is 8.23. The Kier molecular flexibility index (Phi) is 6.00. The van der Waals surface area contributed by atoms with E-state index in [0.29, 0.717) is 10.6 Å². The number of hydrogen-bond donors (Lipinski definition) is 1. The Balaban J connectivity index is 2.09. The summed E-state index contributed by atoms with van der Waals surface area (Å²) in [6.45, 7) is 0.852. The first kappa shape index (κ1) is 22.6. The predicted octanol–water partition coefficient (Wildman–Crippen LogP) is 3.08. The molecule has 0 saturated carbocycles. The summed E-state index contributed by atoms with van der Waals surface area (Å²) < 4.78 is 65.5. The zero-order chi connectivity index (χ0) is 23.0. The zero-order valence-corrected chi connectivity index (χ0v) is 17.4. The first-order valence-electron chi connectivity index (χ1n) is 8.62. The standard InChI is InChI=1S/C18H14F3N3O5S2/c1-2-24-15(18(19,20)21)11(17(26)27)7-10(16(24)25)12-8-30-13(23-12)9-31(28,29)14-5-3-4-6-22-14/h3-8H,2,9H2,1H3,(H,26,27). The van der Waals surface area contributed by atoms with Gasteiger partial charge in [-0.15, -0.1) is 11.3 Å². The van der Waals surface area contributed by atoms with Crippen molar-refractivity contribution in [1.82, 2.24) is 14.5 Å². The number of carboxylic acids is 1. The molecule has 3 rings (SSSR count). The maximum Gasteiger partial charge on any atom is 0.432 e. The summed E-state index contributed by atoms with van der Waals surface area (Å²) in [6.07, 6.45) is -3.76. The third-order valence-corrected chi connectivity index (χ3v) is 6.77. The van der Waals surface area contributed by atoms with Crippen molar-refractivity contribution in [2.24, 2.45) is 0 Å². The second-order valence-electron chi connectivity index (χ2n) is 6.23. The highest BCUT2D eigenvalue weighted by Gasteiger charge is 2.40. The minimum Gasteiger partial charge on any atom is -0.478 e. The number of rotatable bonds is 6. The number of nitrogens with zero attached hydrogens (tertiary/aromatic N) is 3. The van der Waals surface area contributed by atoms with Crippen molar-refractivity contribution in [3.63, 3.8) is 0 Å². The summed E-state index contributed by atoms with van der Waals surface area (Å²) in [5, 5.41) is 10.5. The van der Waals surface area contributed by atoms with Crippen molar-refractivity contribution in [1.29, 1.82) is 0 Å². The third kappa shape index (κ3) is 4.51. The minimum atomic E-state index is -5.06. The molecular weight excluding hydrogens is 459 g/mol. The van der Waals surface area contributed by atoms with Crippen molar-refractivity contribution in [2.75, 3.05) is 0 Å². The number of aromatic nitrogens is 3. The van der Waals surface area contributed by atoms with Gasteiger partial charge >= 0.3 is 12.1 Å². The van der Waals surface area contributed by atoms with Crippen LogP contribution in [-0.2, 0) is 28.3 Å². The highest BCUT2D eigenvalue weighted by Crippen LogP contribution is 2.33. The Morgan fingerprint density at radius 1 is 1.29 bits per heavy atom. The molecule has 0 saturated heterocycles. The Hall–Kier alpha value is -3.06. The number of alkyl halides is 3. The van der Waals surface area contributed by atoms with Gasteiger partial charge in [0.15, 0.2) is 5.03 Å². The van der Waals surface area contributed by atoms with Gasteiger partial charge in [0.05, 0.1) is 16.8 Å². The van der Waals surface area contributed by atoms with Crippen LogP contribution in [0.25, 0.3) is 11.3 Å². The molecule has 0 aliphatic heterocycles. The quantitative estimate of drug-likeness (QED) is 0.584. The molecule has 0 aromatic carbocycles. The molecule has 8 nitrogen and oxygen atoms in total. The molecule has 3 heterocycles. The Bertz CT molecular complexity index is 1300. The largest absolute Gasteiger partial charge is 0.478 e. The van der Waals surface area contributed by atoms with E-state index >= 15 is 0 Å². The first-order valence-corrected chi connectivity index (χ1v) is 11.2. The normalized spacial score (nSPS) is 12.1. The predicted molar refractivity (Wildman–Crippen MR) is 105 cm³/mol. The van der Waals surface area contributed by atoms with Crippen LogP contribution in [0, 0.1) is 0 Å². The van der Waals surface area contributed by atoms with E-state index in [1.807, 2.05) is 0 Å². The highest BCUT2D eigenvalue weighted by atomic mass is 32.2. The summed E-state index contributed by atoms with van der Waals surface area (Å²) in [5.74, 6) is -2.40. The molecule has 0 atom stereocenters. The van der Waals surface area contributed by atoms with Crippen LogP contribution in [0.1, 0.15) is 28.0 Å². The van der Waals surface area contributed by atoms with E-state index in [4.69, 9.17) is 0 Å². The van der Waals surface area contributed by atoms with Crippen molar-refractivity contribution in [3.05, 3.63) is 62.5 Å². The van der Waals surface area contributed by atoms with Crippen LogP contribution in [0.4, 0.5) is 13.2 Å². The summed E-state index contributed by atoms with van der Waals surface area (Å²) >= 11 is 0.876. The van der Waals surface area contributed by atoms with Gasteiger partial charge in [-0.2, -0.15) is 13.2 Å². The van der Waals surface area contributed by atoms with Gasteiger partial charge in [0, 0.05) is 18.1 Å². The lowest BCUT2D eigenvalue weighted by Crippen LogP contribution is -2.31. The number of pyridine rings is 2. The summed E-state index contributed by atoms with van der Waals surface area (Å²) in [7, 11) is -3.84. The van der Waals surface area contributed by atoms with Crippen LogP contribution in [0.2, 0.25) is 0 Å². The van der Waals surface area contributed by atoms with Gasteiger partial charge in [-0.25, -0.2) is 23.2 Å². The van der Waals surface area contributed by atoms with Gasteiger partial charge in [-0.3, -0.25) is 4.79 Å². The third-order valence-electron chi connectivity index (χ3n) is 4.20. The number of thiazole rings is 1. The molecule has 0 amide bonds. The maximum absolute atomic E-state index is 13.4. The number of sulfone groups is 1. The van der Waals surface area contributed by atoms with Gasteiger partial charge < -0.3 is 9.67 Å². The number of carboxylic acid groups (broad SMARTS) is 1. The highest BCUT2D eigenvalue weighted by molar-refractivity contribution is 7.90. The molecule has 1 N–H and O–H groups in total. The molecule has 3 aromatic rings. The Morgan fingerprint density at radius 3 is 2.55 bits per heavy atom. The summed E-state index contributed by atoms with van der Waals surface area (Å²) in [6, 6.07) is 4.96. The molecule has 3 aromatic heterocycles. The number of carbonyl (C=O) groups is 1. The molecule has 13 heteroatoms. The van der Waals surface area contributed by atoms with Gasteiger partial charge in [0.1, 0.15) is 16.5 Å². The smallest absolute Gasteiger partial charge is 0.432 e. The van der Waals surface area contributed by atoms with Gasteiger partial charge in [-0.05, 0) is 25.1 Å². The topological polar surface area (TPSA) is 119 Å². The average molecular weight is 473 g/mol. The molecule has 0 spiro atoms. The van der Waals surface area contributed by atoms with Crippen LogP contribution >= 0.6 is 11.3 Å². The van der Waals surface area contributed by atoms with Gasteiger partial charge in [0.25, 0.3) is 5.56 Å². The molecular formula is C18H14F3N3O5S2. The van der Waals surface area contributed by atoms with Gasteiger partial charge in [-0.1, -0.05) is 6.07 Å². The number of aromatic carboxylic acids is 1. The van der Waals surface area contributed by atoms with E-state index in [2.05, 4.69) is 9.97 Å². The lowest BCUT2D eigenvalue weighted by Gasteiger charge is -2.17. The average Bonchev–Trinajstić information content (AvgIpc) is 3.14. The van der Waals surface area contributed by atoms with Crippen LogP contribution in [-0.4, -0.2) is 34.0 Å². The summed E-state index contributed by atoms with van der Waals surface area (Å²) in [5.41, 5.74) is -4.22. The molecule has 0 radical (unpaired) electrons. The van der Waals surface area contributed by atoms with E-state index in [9.17, 15) is 36.3 Å². The second-order valence-corrected chi connectivity index (χ2v) is 9.11. The number of hydrogen-bond acceptors (Lipinski definition) is 7. The van der Waals surface area contributed by atoms with Crippen molar-refractivity contribution in [3.8, 4) is 11.3 Å². The Morgan fingerprint density at radius 2 is 2.00 bits per heavy atom. The molecule has 164 valence electrons. The van der Waals surface area contributed by atoms with Crippen LogP contribution in [0.5, 0.6) is 0 Å². The van der Waals surface area contributed by atoms with Gasteiger partial charge in [0.2, 0.25) is 9.84 Å². The van der Waals surface area contributed by atoms with Crippen LogP contribution in [0.15, 0.2) is 45.7 Å². The molecule has 0 unspecified atom stereocenters. The van der Waals surface area contributed by atoms with E-state index in [0.717, 1.165) is 11.3 Å². The molecule has 0 fully saturated rings. The lowest BCUT2D eigenvalue weighted by molar-refractivity contribution is -0.144. The fourth-order valence-electron chi connectivity index (χ4n) is 2.89. The molecule has 0 aliphatic carbocycles. The van der Waals surface area contributed by atoms with E-state index in [1.54, 1.807) is 6.07 Å². The molecule has 0 aliphatic rings. The minimum absolute atomic E-state index is 0.0693. The van der Waals surface area contributed by atoms with Crippen LogP contribution < -0.4 is 5.56 Å². The van der Waals surface area contributed by atoms with Crippen molar-refractivity contribution in [2.45, 2.75) is 30.4 Å². The van der Waals surface area contributed by atoms with E-state index < -0.39 is 51.1 Å². The van der Waals surface area contributed by atoms with E-state index in [1.165, 1.54) is 30.6 Å². The lowest BCUT2D eigenvalue weighted by atomic mass is 10.1. The van der Waals surface area contributed by atoms with Crippen molar-refractivity contribution < 1.29 is 31.5 Å². The molecule has 0 bridgehead atoms. The van der Waals surface area contributed by atoms with Crippen LogP contribution in [0.3, 0.4) is 0 Å². The maximum atomic E-state index is 13.4. The number of halogens is 3. The Labute approximate surface area is 177 Å². The molecule has 31 heavy (non-hydrogen) atoms.